The fourth-order valence-corrected chi connectivity index (χ4v) is 4.59. The van der Waals surface area contributed by atoms with Gasteiger partial charge in [0.15, 0.2) is 0 Å². The third-order valence-electron chi connectivity index (χ3n) is 6.55. The van der Waals surface area contributed by atoms with Gasteiger partial charge in [-0.2, -0.15) is 0 Å². The summed E-state index contributed by atoms with van der Waals surface area (Å²) in [5, 5.41) is 11.0. The molecule has 0 heterocycles. The van der Waals surface area contributed by atoms with E-state index >= 15 is 0 Å². The number of rotatable bonds is 10. The van der Waals surface area contributed by atoms with Crippen LogP contribution in [-0.2, 0) is 17.6 Å². The van der Waals surface area contributed by atoms with Crippen LogP contribution in [0.3, 0.4) is 0 Å². The predicted molar refractivity (Wildman–Crippen MR) is 133 cm³/mol. The maximum absolute atomic E-state index is 13.0. The molecular formula is C29H32O5. The zero-order chi connectivity index (χ0) is 23.9. The van der Waals surface area contributed by atoms with Gasteiger partial charge in [0.2, 0.25) is 0 Å². The van der Waals surface area contributed by atoms with Gasteiger partial charge < -0.3 is 14.6 Å². The lowest BCUT2D eigenvalue weighted by atomic mass is 9.84. The summed E-state index contributed by atoms with van der Waals surface area (Å²) in [6.07, 6.45) is 7.77. The molecule has 178 valence electrons. The number of unbranched alkanes of at least 4 members (excludes halogenated alkanes) is 4. The molecule has 3 aromatic carbocycles. The summed E-state index contributed by atoms with van der Waals surface area (Å²) >= 11 is 0. The molecule has 1 aliphatic rings. The van der Waals surface area contributed by atoms with E-state index in [0.717, 1.165) is 34.1 Å². The van der Waals surface area contributed by atoms with Gasteiger partial charge in [0, 0.05) is 0 Å². The molecule has 5 heteroatoms. The molecule has 0 aliphatic heterocycles. The minimum atomic E-state index is -0.752. The van der Waals surface area contributed by atoms with Gasteiger partial charge in [0.1, 0.15) is 11.5 Å². The van der Waals surface area contributed by atoms with Gasteiger partial charge in [-0.25, -0.2) is 4.79 Å². The topological polar surface area (TPSA) is 72.8 Å². The predicted octanol–water partition coefficient (Wildman–Crippen LogP) is 6.60. The van der Waals surface area contributed by atoms with Gasteiger partial charge in [-0.15, -0.1) is 0 Å². The molecule has 34 heavy (non-hydrogen) atoms. The van der Waals surface area contributed by atoms with Crippen LogP contribution in [-0.4, -0.2) is 23.7 Å². The van der Waals surface area contributed by atoms with Crippen molar-refractivity contribution in [2.24, 2.45) is 5.92 Å². The molecule has 0 aromatic heterocycles. The Morgan fingerprint density at radius 3 is 2.59 bits per heavy atom. The average Bonchev–Trinajstić information content (AvgIpc) is 2.85. The minimum absolute atomic E-state index is 0.341. The van der Waals surface area contributed by atoms with Crippen molar-refractivity contribution < 1.29 is 24.2 Å². The summed E-state index contributed by atoms with van der Waals surface area (Å²) in [5.41, 5.74) is 2.57. The van der Waals surface area contributed by atoms with Gasteiger partial charge in [-0.05, 0) is 84.0 Å². The van der Waals surface area contributed by atoms with E-state index in [0.29, 0.717) is 37.2 Å². The molecule has 1 atom stereocenters. The van der Waals surface area contributed by atoms with Gasteiger partial charge in [-0.1, -0.05) is 50.8 Å². The van der Waals surface area contributed by atoms with Crippen LogP contribution >= 0.6 is 0 Å². The monoisotopic (exact) mass is 460 g/mol. The quantitative estimate of drug-likeness (QED) is 0.210. The zero-order valence-electron chi connectivity index (χ0n) is 19.7. The van der Waals surface area contributed by atoms with Crippen LogP contribution in [0.1, 0.15) is 66.9 Å². The fraction of sp³-hybridized carbons (Fsp3) is 0.379. The Bertz CT molecular complexity index is 1170. The molecular weight excluding hydrogens is 428 g/mol. The van der Waals surface area contributed by atoms with Crippen molar-refractivity contribution in [1.29, 1.82) is 0 Å². The number of carbonyl (C=O) groups excluding carboxylic acids is 1. The van der Waals surface area contributed by atoms with E-state index < -0.39 is 11.9 Å². The Balaban J connectivity index is 1.42. The summed E-state index contributed by atoms with van der Waals surface area (Å²) in [6, 6.07) is 16.9. The molecule has 1 N–H and O–H groups in total. The fourth-order valence-electron chi connectivity index (χ4n) is 4.59. The lowest BCUT2D eigenvalue weighted by Crippen LogP contribution is -2.22. The maximum Gasteiger partial charge on any atom is 0.344 e. The van der Waals surface area contributed by atoms with Crippen LogP contribution in [0.4, 0.5) is 0 Å². The summed E-state index contributed by atoms with van der Waals surface area (Å²) in [6.45, 7) is 2.91. The number of fused-ring (bicyclic) bond motifs is 2. The molecule has 1 aliphatic carbocycles. The number of carboxylic acids is 1. The van der Waals surface area contributed by atoms with E-state index in [9.17, 15) is 14.7 Å². The third-order valence-corrected chi connectivity index (χ3v) is 6.55. The Morgan fingerprint density at radius 1 is 0.941 bits per heavy atom. The lowest BCUT2D eigenvalue weighted by molar-refractivity contribution is -0.142. The Hall–Kier alpha value is -3.34. The highest BCUT2D eigenvalue weighted by atomic mass is 16.5. The van der Waals surface area contributed by atoms with Gasteiger partial charge in [0.05, 0.1) is 18.1 Å². The van der Waals surface area contributed by atoms with Crippen molar-refractivity contribution >= 4 is 22.7 Å². The summed E-state index contributed by atoms with van der Waals surface area (Å²) in [4.78, 5) is 24.3. The van der Waals surface area contributed by atoms with Crippen molar-refractivity contribution in [3.63, 3.8) is 0 Å². The summed E-state index contributed by atoms with van der Waals surface area (Å²) < 4.78 is 11.6. The number of hydrogen-bond acceptors (Lipinski definition) is 4. The van der Waals surface area contributed by atoms with Crippen molar-refractivity contribution in [3.05, 3.63) is 71.3 Å². The largest absolute Gasteiger partial charge is 0.494 e. The summed E-state index contributed by atoms with van der Waals surface area (Å²) in [5.74, 6) is -0.209. The maximum atomic E-state index is 13.0. The molecule has 0 radical (unpaired) electrons. The number of carboxylic acid groups (broad SMARTS) is 1. The summed E-state index contributed by atoms with van der Waals surface area (Å²) in [7, 11) is 0. The molecule has 4 rings (SSSR count). The first kappa shape index (κ1) is 23.8. The van der Waals surface area contributed by atoms with E-state index in [-0.39, 0.29) is 5.92 Å². The van der Waals surface area contributed by atoms with Gasteiger partial charge >= 0.3 is 11.9 Å². The molecule has 0 amide bonds. The molecule has 0 bridgehead atoms. The second-order valence-electron chi connectivity index (χ2n) is 9.05. The van der Waals surface area contributed by atoms with Crippen molar-refractivity contribution in [1.82, 2.24) is 0 Å². The van der Waals surface area contributed by atoms with Crippen LogP contribution in [0.2, 0.25) is 0 Å². The van der Waals surface area contributed by atoms with Crippen molar-refractivity contribution in [2.45, 2.75) is 58.3 Å². The second-order valence-corrected chi connectivity index (χ2v) is 9.05. The van der Waals surface area contributed by atoms with E-state index in [1.54, 1.807) is 12.1 Å². The lowest BCUT2D eigenvalue weighted by Gasteiger charge is -2.22. The third kappa shape index (κ3) is 5.77. The highest BCUT2D eigenvalue weighted by Crippen LogP contribution is 2.30. The highest BCUT2D eigenvalue weighted by Gasteiger charge is 2.24. The van der Waals surface area contributed by atoms with E-state index in [2.05, 4.69) is 6.92 Å². The van der Waals surface area contributed by atoms with Crippen molar-refractivity contribution in [3.8, 4) is 11.5 Å². The molecule has 0 saturated carbocycles. The molecule has 1 unspecified atom stereocenters. The molecule has 3 aromatic rings. The first-order chi connectivity index (χ1) is 16.5. The number of benzene rings is 3. The van der Waals surface area contributed by atoms with Gasteiger partial charge in [0.25, 0.3) is 0 Å². The molecule has 5 nitrogen and oxygen atoms in total. The van der Waals surface area contributed by atoms with E-state index in [1.165, 1.54) is 25.7 Å². The zero-order valence-corrected chi connectivity index (χ0v) is 19.7. The van der Waals surface area contributed by atoms with Crippen LogP contribution in [0, 0.1) is 5.92 Å². The van der Waals surface area contributed by atoms with Crippen LogP contribution in [0.25, 0.3) is 10.8 Å². The van der Waals surface area contributed by atoms with Gasteiger partial charge in [-0.3, -0.25) is 4.79 Å². The number of hydrogen-bond donors (Lipinski definition) is 1. The van der Waals surface area contributed by atoms with E-state index in [1.807, 2.05) is 42.5 Å². The molecule has 0 spiro atoms. The number of aliphatic carboxylic acids is 1. The first-order valence-electron chi connectivity index (χ1n) is 12.3. The number of carbonyl (C=O) groups is 2. The second kappa shape index (κ2) is 11.2. The standard InChI is InChI=1S/C29H32O5/c1-2-3-4-5-6-16-33-24-14-15-26-22(19-24)8-7-9-27(26)29(32)34-25-13-12-20-17-23(28(30)31)11-10-21(20)18-25/h7-9,12-15,18-19,23H,2-6,10-11,16-17H2,1H3,(H,30,31). The van der Waals surface area contributed by atoms with Crippen LogP contribution in [0.15, 0.2) is 54.6 Å². The average molecular weight is 461 g/mol. The number of aryl methyl sites for hydroxylation is 1. The van der Waals surface area contributed by atoms with E-state index in [4.69, 9.17) is 9.47 Å². The number of ether oxygens (including phenoxy) is 2. The Kier molecular flexibility index (Phi) is 7.84. The molecule has 0 saturated heterocycles. The van der Waals surface area contributed by atoms with Crippen LogP contribution in [0.5, 0.6) is 11.5 Å². The Morgan fingerprint density at radius 2 is 1.76 bits per heavy atom. The molecule has 0 fully saturated rings. The minimum Gasteiger partial charge on any atom is -0.494 e. The number of esters is 1. The van der Waals surface area contributed by atoms with Crippen LogP contribution < -0.4 is 9.47 Å². The first-order valence-corrected chi connectivity index (χ1v) is 12.3. The Labute approximate surface area is 200 Å². The SMILES string of the molecule is CCCCCCCOc1ccc2c(C(=O)Oc3ccc4c(c3)CCC(C(=O)O)C4)cccc2c1. The normalized spacial score (nSPS) is 15.0. The van der Waals surface area contributed by atoms with Crippen molar-refractivity contribution in [2.75, 3.05) is 6.61 Å². The smallest absolute Gasteiger partial charge is 0.344 e. The highest BCUT2D eigenvalue weighted by molar-refractivity contribution is 6.05.